The van der Waals surface area contributed by atoms with Crippen molar-refractivity contribution in [3.8, 4) is 21.6 Å². The summed E-state index contributed by atoms with van der Waals surface area (Å²) in [7, 11) is 0. The third kappa shape index (κ3) is 19.5. The maximum atomic E-state index is 14.1. The van der Waals surface area contributed by atoms with Crippen LogP contribution in [0.5, 0.6) is 0 Å². The van der Waals surface area contributed by atoms with E-state index in [1.165, 1.54) is 37.7 Å². The zero-order valence-electron chi connectivity index (χ0n) is 55.1. The predicted octanol–water partition coefficient (Wildman–Crippen LogP) is 12.2. The number of unbranched alkanes of at least 4 members (excludes halogenated alkanes) is 11. The van der Waals surface area contributed by atoms with Crippen molar-refractivity contribution in [2.45, 2.75) is 209 Å². The molecule has 1 unspecified atom stereocenters. The van der Waals surface area contributed by atoms with Crippen LogP contribution in [0.1, 0.15) is 193 Å². The highest BCUT2D eigenvalue weighted by atomic mass is 32.1. The number of hydrogen-bond donors (Lipinski definition) is 5. The Morgan fingerprint density at radius 2 is 1.33 bits per heavy atom. The van der Waals surface area contributed by atoms with Gasteiger partial charge in [0, 0.05) is 113 Å². The van der Waals surface area contributed by atoms with Crippen molar-refractivity contribution in [3.63, 3.8) is 0 Å². The summed E-state index contributed by atoms with van der Waals surface area (Å²) in [5.41, 5.74) is 12.0. The van der Waals surface area contributed by atoms with Gasteiger partial charge in [0.2, 0.25) is 17.7 Å². The summed E-state index contributed by atoms with van der Waals surface area (Å²) in [6.07, 6.45) is 15.6. The van der Waals surface area contributed by atoms with Crippen LogP contribution in [0.15, 0.2) is 77.0 Å². The number of nitrogens with one attached hydrogen (secondary N) is 4. The van der Waals surface area contributed by atoms with E-state index in [2.05, 4.69) is 73.0 Å². The number of hydrogen-bond acceptors (Lipinski definition) is 12. The fraction of sp³-hybridized carbons (Fsp3) is 0.575. The fourth-order valence-electron chi connectivity index (χ4n) is 13.5. The maximum absolute atomic E-state index is 14.1. The minimum absolute atomic E-state index is 0.138. The number of aryl methyl sites for hydroxylation is 3. The van der Waals surface area contributed by atoms with Crippen LogP contribution >= 0.6 is 11.3 Å². The number of ether oxygens (including phenoxy) is 1. The van der Waals surface area contributed by atoms with Crippen molar-refractivity contribution < 1.29 is 33.8 Å². The van der Waals surface area contributed by atoms with Gasteiger partial charge in [-0.25, -0.2) is 4.98 Å². The highest BCUT2D eigenvalue weighted by Gasteiger charge is 2.47. The number of pyridine rings is 1. The number of thiazole rings is 1. The molecular weight excluding hydrogens is 1150 g/mol. The smallest absolute Gasteiger partial charge is 0.253 e. The van der Waals surface area contributed by atoms with Crippen LogP contribution in [0.2, 0.25) is 0 Å². The van der Waals surface area contributed by atoms with Gasteiger partial charge in [0.15, 0.2) is 5.78 Å². The number of aliphatic hydroxyl groups is 1. The molecular formula is C73H102N8O8S. The Morgan fingerprint density at radius 1 is 0.733 bits per heavy atom. The molecule has 3 aliphatic rings. The second-order valence-corrected chi connectivity index (χ2v) is 27.7. The highest BCUT2D eigenvalue weighted by Crippen LogP contribution is 2.38. The topological polar surface area (TPSA) is 206 Å². The summed E-state index contributed by atoms with van der Waals surface area (Å²) in [6, 6.07) is 22.4. The summed E-state index contributed by atoms with van der Waals surface area (Å²) < 4.78 is 5.72. The largest absolute Gasteiger partial charge is 0.393 e. The molecule has 0 bridgehead atoms. The molecule has 4 amide bonds. The van der Waals surface area contributed by atoms with Gasteiger partial charge in [-0.1, -0.05) is 134 Å². The lowest BCUT2D eigenvalue weighted by Crippen LogP contribution is -2.52. The van der Waals surface area contributed by atoms with Gasteiger partial charge < -0.3 is 40.6 Å². The molecule has 5 aromatic rings. The molecule has 2 saturated heterocycles. The van der Waals surface area contributed by atoms with Gasteiger partial charge in [0.25, 0.3) is 11.5 Å². The molecule has 0 radical (unpaired) electrons. The minimum Gasteiger partial charge on any atom is -0.393 e. The van der Waals surface area contributed by atoms with Crippen LogP contribution in [0, 0.1) is 44.9 Å². The fourth-order valence-corrected chi connectivity index (χ4v) is 14.4. The molecule has 2 aliphatic heterocycles. The number of anilines is 1. The third-order valence-electron chi connectivity index (χ3n) is 18.9. The molecule has 0 spiro atoms. The second-order valence-electron chi connectivity index (χ2n) is 26.8. The van der Waals surface area contributed by atoms with Gasteiger partial charge in [-0.05, 0) is 136 Å². The summed E-state index contributed by atoms with van der Waals surface area (Å²) in [5.74, 6) is -1.86. The van der Waals surface area contributed by atoms with E-state index in [1.54, 1.807) is 11.3 Å². The number of aliphatic hydroxyl groups excluding tert-OH is 1. The Morgan fingerprint density at radius 3 is 1.93 bits per heavy atom. The lowest BCUT2D eigenvalue weighted by molar-refractivity contribution is -0.137. The van der Waals surface area contributed by atoms with Crippen LogP contribution < -0.4 is 26.4 Å². The first-order chi connectivity index (χ1) is 43.3. The predicted molar refractivity (Wildman–Crippen MR) is 360 cm³/mol. The van der Waals surface area contributed by atoms with Crippen molar-refractivity contribution in [2.75, 3.05) is 50.8 Å². The molecule has 4 heterocycles. The van der Waals surface area contributed by atoms with E-state index in [0.717, 1.165) is 166 Å². The quantitative estimate of drug-likeness (QED) is 0.0264. The first kappa shape index (κ1) is 69.4. The molecule has 16 nitrogen and oxygen atoms in total. The Bertz CT molecular complexity index is 3230. The van der Waals surface area contributed by atoms with E-state index in [4.69, 9.17) is 4.74 Å². The molecule has 3 fully saturated rings. The van der Waals surface area contributed by atoms with Crippen LogP contribution in [-0.2, 0) is 43.5 Å². The molecule has 5 N–H and O–H groups in total. The molecule has 1 saturated carbocycles. The molecule has 3 aromatic carbocycles. The number of aromatic amines is 1. The second kappa shape index (κ2) is 33.7. The highest BCUT2D eigenvalue weighted by molar-refractivity contribution is 7.13. The summed E-state index contributed by atoms with van der Waals surface area (Å²) >= 11 is 1.59. The molecule has 2 aromatic heterocycles. The minimum atomic E-state index is -0.765. The van der Waals surface area contributed by atoms with E-state index in [9.17, 15) is 33.9 Å². The summed E-state index contributed by atoms with van der Waals surface area (Å²) in [6.45, 7) is 22.4. The van der Waals surface area contributed by atoms with Gasteiger partial charge in [0.05, 0.1) is 34.1 Å². The van der Waals surface area contributed by atoms with Gasteiger partial charge in [-0.3, -0.25) is 33.7 Å². The molecule has 1 aliphatic carbocycles. The number of piperazine rings is 1. The Balaban J connectivity index is 0.672. The standard InChI is InChI=1S/C73H102N8O8S/c1-9-81(58-32-38-89-39-33-58)64-42-57(41-60(51(64)4)70(86)75-46-63-49(2)40-50(3)77-72(63)88)55-28-26-54(27-29-55)47-79-34-36-80(37-35-79)66(84)23-21-19-17-15-13-11-10-12-14-16-18-20-22-65(83)78-69(73(6,7)8)67(85)61-43-59(82)44-62(61)71(87)74-45-53-24-30-56(31-25-53)68-52(5)76-48-90-68/h24-31,40-42,48,58-59,61-62,69,82H,9-23,32-39,43-47H2,1-8H3,(H,74,87)(H,75,86)(H,77,88)(H,78,83)/t59-,61?,62+,69+/m0/s1. The van der Waals surface area contributed by atoms with Crippen molar-refractivity contribution in [1.29, 1.82) is 0 Å². The van der Waals surface area contributed by atoms with Crippen molar-refractivity contribution >= 4 is 46.4 Å². The number of rotatable bonds is 31. The molecule has 488 valence electrons. The van der Waals surface area contributed by atoms with Gasteiger partial charge in [-0.2, -0.15) is 0 Å². The molecule has 4 atom stereocenters. The zero-order chi connectivity index (χ0) is 64.3. The molecule has 8 rings (SSSR count). The summed E-state index contributed by atoms with van der Waals surface area (Å²) in [5, 5.41) is 19.8. The van der Waals surface area contributed by atoms with Gasteiger partial charge in [0.1, 0.15) is 0 Å². The Kier molecular flexibility index (Phi) is 26.0. The number of benzene rings is 3. The van der Waals surface area contributed by atoms with E-state index in [-0.39, 0.29) is 54.4 Å². The number of carbonyl (C=O) groups excluding carboxylic acids is 5. The number of ketones is 1. The number of amides is 4. The van der Waals surface area contributed by atoms with E-state index < -0.39 is 29.4 Å². The van der Waals surface area contributed by atoms with Crippen LogP contribution in [0.3, 0.4) is 0 Å². The van der Waals surface area contributed by atoms with Crippen LogP contribution in [0.25, 0.3) is 21.6 Å². The van der Waals surface area contributed by atoms with Gasteiger partial charge >= 0.3 is 0 Å². The molecule has 90 heavy (non-hydrogen) atoms. The average Bonchev–Trinajstić information content (AvgIpc) is 1.09. The number of H-pyrrole nitrogens is 1. The number of carbonyl (C=O) groups is 5. The number of nitrogens with zero attached hydrogens (tertiary/aromatic N) is 4. The van der Waals surface area contributed by atoms with E-state index >= 15 is 0 Å². The van der Waals surface area contributed by atoms with Crippen molar-refractivity contribution in [2.24, 2.45) is 17.3 Å². The van der Waals surface area contributed by atoms with Gasteiger partial charge in [-0.15, -0.1) is 11.3 Å². The molecule has 17 heteroatoms. The first-order valence-corrected chi connectivity index (χ1v) is 34.5. The van der Waals surface area contributed by atoms with Crippen LogP contribution in [0.4, 0.5) is 5.69 Å². The lowest BCUT2D eigenvalue weighted by Gasteiger charge is -2.37. The zero-order valence-corrected chi connectivity index (χ0v) is 55.9. The third-order valence-corrected chi connectivity index (χ3v) is 19.9. The first-order valence-electron chi connectivity index (χ1n) is 33.6. The monoisotopic (exact) mass is 1250 g/mol. The Hall–Kier alpha value is -6.53. The lowest BCUT2D eigenvalue weighted by atomic mass is 9.77. The van der Waals surface area contributed by atoms with E-state index in [1.807, 2.05) is 95.3 Å². The normalized spacial score (nSPS) is 17.7. The van der Waals surface area contributed by atoms with E-state index in [0.29, 0.717) is 36.6 Å². The van der Waals surface area contributed by atoms with Crippen LogP contribution in [-0.4, -0.2) is 118 Å². The summed E-state index contributed by atoms with van der Waals surface area (Å²) in [4.78, 5) is 96.3. The SMILES string of the molecule is CCN(c1cc(-c2ccc(CN3CCN(C(=O)CCCCCCCCCCCCCCC(=O)N[C@H](C(=O)C4C[C@H](O)C[C@H]4C(=O)NCc4ccc(-c5scnc5C)cc4)C(C)(C)C)CC3)cc2)cc(C(=O)NCc2c(C)cc(C)[nH]c2=O)c1C)C1CCOCC1. The Labute approximate surface area is 539 Å². The number of Topliss-reactive ketones (excluding diaryl/α,β-unsaturated/α-hetero) is 1. The van der Waals surface area contributed by atoms with Crippen molar-refractivity contribution in [1.82, 2.24) is 35.7 Å². The number of aromatic nitrogens is 2. The average molecular weight is 1250 g/mol. The maximum Gasteiger partial charge on any atom is 0.253 e. The van der Waals surface area contributed by atoms with Crippen molar-refractivity contribution in [3.05, 3.63) is 127 Å².